The van der Waals surface area contributed by atoms with Crippen molar-refractivity contribution >= 4 is 23.4 Å². The molecule has 0 aliphatic heterocycles. The first kappa shape index (κ1) is 22.7. The monoisotopic (exact) mass is 431 g/mol. The summed E-state index contributed by atoms with van der Waals surface area (Å²) in [5, 5.41) is 11.6. The van der Waals surface area contributed by atoms with Gasteiger partial charge in [-0.15, -0.1) is 0 Å². The molecule has 0 aromatic heterocycles. The Labute approximate surface area is 186 Å². The van der Waals surface area contributed by atoms with Crippen LogP contribution in [0.2, 0.25) is 0 Å². The number of nitrogens with zero attached hydrogens (tertiary/aromatic N) is 1. The largest absolute Gasteiger partial charge is 0.334 e. The molecule has 0 fully saturated rings. The zero-order valence-corrected chi connectivity index (χ0v) is 17.7. The third-order valence-corrected chi connectivity index (χ3v) is 4.94. The fraction of sp³-hybridized carbons (Fsp3) is 0.160. The van der Waals surface area contributed by atoms with E-state index in [1.54, 1.807) is 58.9 Å². The van der Waals surface area contributed by atoms with Crippen molar-refractivity contribution < 1.29 is 19.6 Å². The maximum absolute atomic E-state index is 13.1. The second kappa shape index (κ2) is 10.9. The third kappa shape index (κ3) is 6.26. The molecule has 0 bridgehead atoms. The molecule has 3 amide bonds. The highest BCUT2D eigenvalue weighted by Gasteiger charge is 2.18. The van der Waals surface area contributed by atoms with Crippen LogP contribution in [0.1, 0.15) is 38.3 Å². The van der Waals surface area contributed by atoms with Crippen LogP contribution in [0.25, 0.3) is 0 Å². The SMILES string of the molecule is Cc1ccc(NC(=O)CCN(Cc2ccc(C(=O)NO)cc2)C(=O)c2ccccc2)cc1. The Kier molecular flexibility index (Phi) is 7.72. The summed E-state index contributed by atoms with van der Waals surface area (Å²) in [6.45, 7) is 2.47. The van der Waals surface area contributed by atoms with Gasteiger partial charge in [-0.3, -0.25) is 19.6 Å². The molecule has 0 saturated heterocycles. The Morgan fingerprint density at radius 2 is 1.50 bits per heavy atom. The van der Waals surface area contributed by atoms with Crippen LogP contribution in [0.5, 0.6) is 0 Å². The Hall–Kier alpha value is -3.97. The zero-order chi connectivity index (χ0) is 22.9. The molecule has 0 saturated carbocycles. The maximum atomic E-state index is 13.1. The van der Waals surface area contributed by atoms with Gasteiger partial charge < -0.3 is 10.2 Å². The molecule has 3 aromatic carbocycles. The molecule has 164 valence electrons. The van der Waals surface area contributed by atoms with E-state index in [4.69, 9.17) is 5.21 Å². The molecule has 0 atom stereocenters. The molecule has 0 spiro atoms. The van der Waals surface area contributed by atoms with Gasteiger partial charge in [0.15, 0.2) is 0 Å². The quantitative estimate of drug-likeness (QED) is 0.373. The molecule has 0 radical (unpaired) electrons. The number of benzene rings is 3. The predicted molar refractivity (Wildman–Crippen MR) is 121 cm³/mol. The molecule has 0 aliphatic rings. The van der Waals surface area contributed by atoms with Crippen LogP contribution in [0, 0.1) is 6.92 Å². The molecule has 0 unspecified atom stereocenters. The fourth-order valence-corrected chi connectivity index (χ4v) is 3.16. The summed E-state index contributed by atoms with van der Waals surface area (Å²) < 4.78 is 0. The van der Waals surface area contributed by atoms with Gasteiger partial charge in [0, 0.05) is 36.3 Å². The number of aryl methyl sites for hydroxylation is 1. The van der Waals surface area contributed by atoms with Crippen LogP contribution in [-0.4, -0.2) is 34.4 Å². The van der Waals surface area contributed by atoms with E-state index in [1.807, 2.05) is 37.3 Å². The van der Waals surface area contributed by atoms with Crippen LogP contribution >= 0.6 is 0 Å². The van der Waals surface area contributed by atoms with E-state index in [-0.39, 0.29) is 31.3 Å². The minimum atomic E-state index is -0.610. The Morgan fingerprint density at radius 3 is 2.12 bits per heavy atom. The Bertz CT molecular complexity index is 1060. The van der Waals surface area contributed by atoms with E-state index in [9.17, 15) is 14.4 Å². The summed E-state index contributed by atoms with van der Waals surface area (Å²) in [6.07, 6.45) is 0.136. The average Bonchev–Trinajstić information content (AvgIpc) is 2.83. The number of carbonyl (C=O) groups excluding carboxylic acids is 3. The van der Waals surface area contributed by atoms with Crippen molar-refractivity contribution in [1.82, 2.24) is 10.4 Å². The van der Waals surface area contributed by atoms with Crippen molar-refractivity contribution in [3.05, 3.63) is 101 Å². The van der Waals surface area contributed by atoms with Crippen molar-refractivity contribution in [3.8, 4) is 0 Å². The smallest absolute Gasteiger partial charge is 0.274 e. The molecule has 3 aromatic rings. The molecule has 3 rings (SSSR count). The van der Waals surface area contributed by atoms with Crippen LogP contribution in [0.3, 0.4) is 0 Å². The summed E-state index contributed by atoms with van der Waals surface area (Å²) in [4.78, 5) is 38.6. The molecule has 0 heterocycles. The highest BCUT2D eigenvalue weighted by Crippen LogP contribution is 2.14. The maximum Gasteiger partial charge on any atom is 0.274 e. The topological polar surface area (TPSA) is 98.7 Å². The van der Waals surface area contributed by atoms with Gasteiger partial charge >= 0.3 is 0 Å². The van der Waals surface area contributed by atoms with Crippen molar-refractivity contribution in [2.24, 2.45) is 0 Å². The third-order valence-electron chi connectivity index (χ3n) is 4.94. The number of hydrogen-bond donors (Lipinski definition) is 3. The number of carbonyl (C=O) groups is 3. The summed E-state index contributed by atoms with van der Waals surface area (Å²) in [5.41, 5.74) is 5.02. The van der Waals surface area contributed by atoms with Crippen molar-refractivity contribution in [3.63, 3.8) is 0 Å². The van der Waals surface area contributed by atoms with Crippen molar-refractivity contribution in [2.75, 3.05) is 11.9 Å². The van der Waals surface area contributed by atoms with Crippen LogP contribution in [0.4, 0.5) is 5.69 Å². The van der Waals surface area contributed by atoms with Crippen LogP contribution in [-0.2, 0) is 11.3 Å². The first-order valence-electron chi connectivity index (χ1n) is 10.2. The summed E-state index contributed by atoms with van der Waals surface area (Å²) >= 11 is 0. The van der Waals surface area contributed by atoms with E-state index in [0.29, 0.717) is 16.8 Å². The number of anilines is 1. The predicted octanol–water partition coefficient (Wildman–Crippen LogP) is 3.79. The number of rotatable bonds is 8. The van der Waals surface area contributed by atoms with Gasteiger partial charge in [-0.2, -0.15) is 0 Å². The van der Waals surface area contributed by atoms with E-state index < -0.39 is 5.91 Å². The number of hydroxylamine groups is 1. The van der Waals surface area contributed by atoms with Gasteiger partial charge in [-0.25, -0.2) is 5.48 Å². The molecule has 3 N–H and O–H groups in total. The lowest BCUT2D eigenvalue weighted by molar-refractivity contribution is -0.116. The standard InChI is InChI=1S/C25H25N3O4/c1-18-7-13-22(14-8-18)26-23(29)15-16-28(25(31)21-5-3-2-4-6-21)17-19-9-11-20(12-10-19)24(30)27-32/h2-14,32H,15-17H2,1H3,(H,26,29)(H,27,30). The second-order valence-corrected chi connectivity index (χ2v) is 7.39. The first-order valence-corrected chi connectivity index (χ1v) is 10.2. The molecule has 0 aliphatic carbocycles. The zero-order valence-electron chi connectivity index (χ0n) is 17.7. The van der Waals surface area contributed by atoms with E-state index in [2.05, 4.69) is 5.32 Å². The molecular weight excluding hydrogens is 406 g/mol. The highest BCUT2D eigenvalue weighted by atomic mass is 16.5. The summed E-state index contributed by atoms with van der Waals surface area (Å²) in [5.74, 6) is -0.984. The van der Waals surface area contributed by atoms with E-state index >= 15 is 0 Å². The number of hydrogen-bond acceptors (Lipinski definition) is 4. The van der Waals surface area contributed by atoms with Gasteiger partial charge in [0.05, 0.1) is 0 Å². The summed E-state index contributed by atoms with van der Waals surface area (Å²) in [7, 11) is 0. The van der Waals surface area contributed by atoms with Crippen LogP contribution in [0.15, 0.2) is 78.9 Å². The highest BCUT2D eigenvalue weighted by molar-refractivity contribution is 5.95. The van der Waals surface area contributed by atoms with Gasteiger partial charge in [-0.05, 0) is 48.9 Å². The molecule has 7 heteroatoms. The fourth-order valence-electron chi connectivity index (χ4n) is 3.16. The van der Waals surface area contributed by atoms with Gasteiger partial charge in [-0.1, -0.05) is 48.0 Å². The lowest BCUT2D eigenvalue weighted by Crippen LogP contribution is -2.33. The Balaban J connectivity index is 1.70. The van der Waals surface area contributed by atoms with Crippen molar-refractivity contribution in [1.29, 1.82) is 0 Å². The number of nitrogens with one attached hydrogen (secondary N) is 2. The average molecular weight is 431 g/mol. The first-order chi connectivity index (χ1) is 15.5. The minimum Gasteiger partial charge on any atom is -0.334 e. The van der Waals surface area contributed by atoms with E-state index in [0.717, 1.165) is 11.1 Å². The van der Waals surface area contributed by atoms with Crippen LogP contribution < -0.4 is 10.8 Å². The number of amides is 3. The lowest BCUT2D eigenvalue weighted by atomic mass is 10.1. The van der Waals surface area contributed by atoms with Gasteiger partial charge in [0.25, 0.3) is 11.8 Å². The minimum absolute atomic E-state index is 0.136. The summed E-state index contributed by atoms with van der Waals surface area (Å²) in [6, 6.07) is 22.9. The molecule has 32 heavy (non-hydrogen) atoms. The van der Waals surface area contributed by atoms with Gasteiger partial charge in [0.2, 0.25) is 5.91 Å². The lowest BCUT2D eigenvalue weighted by Gasteiger charge is -2.23. The Morgan fingerprint density at radius 1 is 0.844 bits per heavy atom. The normalized spacial score (nSPS) is 10.3. The second-order valence-electron chi connectivity index (χ2n) is 7.39. The molecule has 7 nitrogen and oxygen atoms in total. The van der Waals surface area contributed by atoms with E-state index in [1.165, 1.54) is 0 Å². The van der Waals surface area contributed by atoms with Gasteiger partial charge in [0.1, 0.15) is 0 Å². The molecular formula is C25H25N3O4. The van der Waals surface area contributed by atoms with Crippen molar-refractivity contribution in [2.45, 2.75) is 19.9 Å².